The highest BCUT2D eigenvalue weighted by atomic mass is 14.9. The lowest BCUT2D eigenvalue weighted by molar-refractivity contribution is 0.448. The number of hydrogen-bond donors (Lipinski definition) is 2. The van der Waals surface area contributed by atoms with Gasteiger partial charge in [-0.05, 0) is 36.8 Å². The van der Waals surface area contributed by atoms with Crippen molar-refractivity contribution in [2.75, 3.05) is 0 Å². The van der Waals surface area contributed by atoms with Gasteiger partial charge in [-0.3, -0.25) is 0 Å². The van der Waals surface area contributed by atoms with Crippen LogP contribution in [0.1, 0.15) is 44.6 Å². The minimum absolute atomic E-state index is 0.707. The first kappa shape index (κ1) is 12.7. The third kappa shape index (κ3) is 3.01. The van der Waals surface area contributed by atoms with Crippen molar-refractivity contribution in [3.05, 3.63) is 36.0 Å². The van der Waals surface area contributed by atoms with Gasteiger partial charge >= 0.3 is 0 Å². The Morgan fingerprint density at radius 1 is 1.16 bits per heavy atom. The van der Waals surface area contributed by atoms with E-state index in [0.717, 1.165) is 12.5 Å². The van der Waals surface area contributed by atoms with Crippen molar-refractivity contribution >= 4 is 10.9 Å². The lowest BCUT2D eigenvalue weighted by atomic mass is 10.0. The van der Waals surface area contributed by atoms with Gasteiger partial charge in [0.25, 0.3) is 0 Å². The summed E-state index contributed by atoms with van der Waals surface area (Å²) < 4.78 is 0. The second-order valence-corrected chi connectivity index (χ2v) is 6.05. The predicted octanol–water partition coefficient (Wildman–Crippen LogP) is 4.23. The van der Waals surface area contributed by atoms with Crippen molar-refractivity contribution in [3.8, 4) is 0 Å². The monoisotopic (exact) mass is 256 g/mol. The SMILES string of the molecule is CC1CCCC(NCc2c[nH]c3ccccc23)CC1. The number of para-hydroxylation sites is 1. The molecule has 102 valence electrons. The average Bonchev–Trinajstić information content (AvgIpc) is 2.73. The van der Waals surface area contributed by atoms with Crippen LogP contribution in [0.2, 0.25) is 0 Å². The van der Waals surface area contributed by atoms with Crippen molar-refractivity contribution in [2.24, 2.45) is 5.92 Å². The van der Waals surface area contributed by atoms with E-state index in [-0.39, 0.29) is 0 Å². The molecule has 0 bridgehead atoms. The van der Waals surface area contributed by atoms with Gasteiger partial charge in [-0.15, -0.1) is 0 Å². The zero-order valence-corrected chi connectivity index (χ0v) is 11.8. The summed E-state index contributed by atoms with van der Waals surface area (Å²) in [7, 11) is 0. The van der Waals surface area contributed by atoms with E-state index < -0.39 is 0 Å². The van der Waals surface area contributed by atoms with Gasteiger partial charge < -0.3 is 10.3 Å². The third-order valence-electron chi connectivity index (χ3n) is 4.51. The maximum absolute atomic E-state index is 3.76. The molecule has 1 aromatic heterocycles. The molecule has 1 aromatic carbocycles. The van der Waals surface area contributed by atoms with Crippen LogP contribution in [0.5, 0.6) is 0 Å². The molecular weight excluding hydrogens is 232 g/mol. The van der Waals surface area contributed by atoms with Gasteiger partial charge in [0, 0.05) is 29.7 Å². The number of aromatic amines is 1. The first-order valence-corrected chi connectivity index (χ1v) is 7.61. The first-order valence-electron chi connectivity index (χ1n) is 7.61. The van der Waals surface area contributed by atoms with Crippen LogP contribution in [0.25, 0.3) is 10.9 Å². The smallest absolute Gasteiger partial charge is 0.0457 e. The minimum atomic E-state index is 0.707. The molecule has 0 spiro atoms. The Bertz CT molecular complexity index is 529. The standard InChI is InChI=1S/C17H24N2/c1-13-5-4-6-15(10-9-13)18-11-14-12-19-17-8-3-2-7-16(14)17/h2-3,7-8,12-13,15,18-19H,4-6,9-11H2,1H3. The van der Waals surface area contributed by atoms with E-state index in [2.05, 4.69) is 47.7 Å². The zero-order valence-electron chi connectivity index (χ0n) is 11.8. The molecule has 19 heavy (non-hydrogen) atoms. The van der Waals surface area contributed by atoms with Crippen LogP contribution in [-0.2, 0) is 6.54 Å². The van der Waals surface area contributed by atoms with Gasteiger partial charge in [0.15, 0.2) is 0 Å². The lowest BCUT2D eigenvalue weighted by Gasteiger charge is -2.16. The maximum Gasteiger partial charge on any atom is 0.0457 e. The van der Waals surface area contributed by atoms with Gasteiger partial charge in [0.1, 0.15) is 0 Å². The number of nitrogens with one attached hydrogen (secondary N) is 2. The van der Waals surface area contributed by atoms with Crippen molar-refractivity contribution < 1.29 is 0 Å². The Hall–Kier alpha value is -1.28. The first-order chi connectivity index (χ1) is 9.33. The summed E-state index contributed by atoms with van der Waals surface area (Å²) in [6, 6.07) is 9.26. The van der Waals surface area contributed by atoms with Crippen molar-refractivity contribution in [1.29, 1.82) is 0 Å². The molecule has 1 fully saturated rings. The number of H-pyrrole nitrogens is 1. The minimum Gasteiger partial charge on any atom is -0.361 e. The number of fused-ring (bicyclic) bond motifs is 1. The number of rotatable bonds is 3. The zero-order chi connectivity index (χ0) is 13.1. The van der Waals surface area contributed by atoms with Crippen molar-refractivity contribution in [2.45, 2.75) is 51.6 Å². The molecule has 2 atom stereocenters. The third-order valence-corrected chi connectivity index (χ3v) is 4.51. The summed E-state index contributed by atoms with van der Waals surface area (Å²) in [5.74, 6) is 0.917. The fourth-order valence-electron chi connectivity index (χ4n) is 3.22. The molecule has 0 saturated heterocycles. The molecule has 1 aliphatic rings. The Kier molecular flexibility index (Phi) is 3.88. The molecule has 1 saturated carbocycles. The van der Waals surface area contributed by atoms with Crippen LogP contribution in [-0.4, -0.2) is 11.0 Å². The highest BCUT2D eigenvalue weighted by Gasteiger charge is 2.15. The quantitative estimate of drug-likeness (QED) is 0.790. The fourth-order valence-corrected chi connectivity index (χ4v) is 3.22. The molecule has 0 amide bonds. The Morgan fingerprint density at radius 3 is 3.00 bits per heavy atom. The van der Waals surface area contributed by atoms with Gasteiger partial charge in [0.2, 0.25) is 0 Å². The number of hydrogen-bond acceptors (Lipinski definition) is 1. The normalized spacial score (nSPS) is 24.5. The number of benzene rings is 1. The van der Waals surface area contributed by atoms with E-state index in [4.69, 9.17) is 0 Å². The van der Waals surface area contributed by atoms with Gasteiger partial charge in [-0.1, -0.05) is 38.0 Å². The van der Waals surface area contributed by atoms with E-state index in [1.54, 1.807) is 0 Å². The summed E-state index contributed by atoms with van der Waals surface area (Å²) in [4.78, 5) is 3.36. The Labute approximate surface area is 115 Å². The number of aromatic nitrogens is 1. The van der Waals surface area contributed by atoms with E-state index in [0.29, 0.717) is 6.04 Å². The lowest BCUT2D eigenvalue weighted by Crippen LogP contribution is -2.27. The summed E-state index contributed by atoms with van der Waals surface area (Å²) in [5, 5.41) is 5.12. The summed E-state index contributed by atoms with van der Waals surface area (Å²) in [6.07, 6.45) is 9.00. The summed E-state index contributed by atoms with van der Waals surface area (Å²) in [5.41, 5.74) is 2.64. The molecule has 2 nitrogen and oxygen atoms in total. The average molecular weight is 256 g/mol. The predicted molar refractivity (Wildman–Crippen MR) is 81.2 cm³/mol. The van der Waals surface area contributed by atoms with E-state index in [9.17, 15) is 0 Å². The second kappa shape index (κ2) is 5.79. The van der Waals surface area contributed by atoms with E-state index in [1.807, 2.05) is 0 Å². The van der Waals surface area contributed by atoms with Crippen LogP contribution >= 0.6 is 0 Å². The van der Waals surface area contributed by atoms with Gasteiger partial charge in [-0.2, -0.15) is 0 Å². The molecule has 3 rings (SSSR count). The van der Waals surface area contributed by atoms with Crippen LogP contribution in [0, 0.1) is 5.92 Å². The Balaban J connectivity index is 1.62. The second-order valence-electron chi connectivity index (χ2n) is 6.05. The molecule has 2 heteroatoms. The van der Waals surface area contributed by atoms with E-state index in [1.165, 1.54) is 48.6 Å². The fraction of sp³-hybridized carbons (Fsp3) is 0.529. The largest absolute Gasteiger partial charge is 0.361 e. The van der Waals surface area contributed by atoms with E-state index >= 15 is 0 Å². The van der Waals surface area contributed by atoms with Crippen LogP contribution in [0.15, 0.2) is 30.5 Å². The van der Waals surface area contributed by atoms with Crippen LogP contribution in [0.3, 0.4) is 0 Å². The van der Waals surface area contributed by atoms with Crippen LogP contribution < -0.4 is 5.32 Å². The van der Waals surface area contributed by atoms with Gasteiger partial charge in [0.05, 0.1) is 0 Å². The molecule has 2 N–H and O–H groups in total. The highest BCUT2D eigenvalue weighted by molar-refractivity contribution is 5.82. The van der Waals surface area contributed by atoms with Crippen molar-refractivity contribution in [1.82, 2.24) is 10.3 Å². The topological polar surface area (TPSA) is 27.8 Å². The molecule has 0 aliphatic heterocycles. The summed E-state index contributed by atoms with van der Waals surface area (Å²) in [6.45, 7) is 3.38. The van der Waals surface area contributed by atoms with Gasteiger partial charge in [-0.25, -0.2) is 0 Å². The Morgan fingerprint density at radius 2 is 2.05 bits per heavy atom. The molecule has 1 aliphatic carbocycles. The highest BCUT2D eigenvalue weighted by Crippen LogP contribution is 2.23. The molecule has 2 aromatic rings. The molecule has 1 heterocycles. The van der Waals surface area contributed by atoms with Crippen LogP contribution in [0.4, 0.5) is 0 Å². The maximum atomic E-state index is 3.76. The summed E-state index contributed by atoms with van der Waals surface area (Å²) >= 11 is 0. The van der Waals surface area contributed by atoms with Crippen molar-refractivity contribution in [3.63, 3.8) is 0 Å². The molecule has 0 radical (unpaired) electrons. The molecular formula is C17H24N2. The molecule has 2 unspecified atom stereocenters.